The number of amides is 2. The minimum absolute atomic E-state index is 0.103. The van der Waals surface area contributed by atoms with E-state index in [0.717, 1.165) is 11.3 Å². The highest BCUT2D eigenvalue weighted by Gasteiger charge is 2.08. The van der Waals surface area contributed by atoms with Gasteiger partial charge in [-0.05, 0) is 55.0 Å². The number of hydrogen-bond donors (Lipinski definition) is 3. The molecule has 0 aliphatic heterocycles. The summed E-state index contributed by atoms with van der Waals surface area (Å²) in [7, 11) is 0. The molecular formula is C21H21N3O3. The molecule has 0 saturated carbocycles. The van der Waals surface area contributed by atoms with Crippen LogP contribution in [0.3, 0.4) is 0 Å². The maximum absolute atomic E-state index is 12.2. The summed E-state index contributed by atoms with van der Waals surface area (Å²) in [6, 6.07) is 18.2. The number of anilines is 2. The first kappa shape index (κ1) is 18.3. The molecule has 27 heavy (non-hydrogen) atoms. The number of furan rings is 1. The molecule has 0 aliphatic rings. The fraction of sp³-hybridized carbons (Fsp3) is 0.143. The molecule has 6 heteroatoms. The Bertz CT molecular complexity index is 920. The standard InChI is InChI=1S/C21H21N3O3/c1-15-5-2-8-18(11-15)24-20(25)14-22-17-7-3-6-16(12-17)21(26)23-13-19-9-4-10-27-19/h2-12,22H,13-14H2,1H3,(H,23,26)(H,24,25). The van der Waals surface area contributed by atoms with Gasteiger partial charge in [-0.25, -0.2) is 0 Å². The summed E-state index contributed by atoms with van der Waals surface area (Å²) in [4.78, 5) is 24.3. The van der Waals surface area contributed by atoms with E-state index < -0.39 is 0 Å². The van der Waals surface area contributed by atoms with Gasteiger partial charge in [0, 0.05) is 16.9 Å². The molecule has 3 rings (SSSR count). The van der Waals surface area contributed by atoms with Crippen molar-refractivity contribution in [1.29, 1.82) is 0 Å². The van der Waals surface area contributed by atoms with Gasteiger partial charge in [0.05, 0.1) is 19.4 Å². The third kappa shape index (κ3) is 5.47. The zero-order valence-corrected chi connectivity index (χ0v) is 15.0. The molecule has 2 aromatic carbocycles. The number of hydrogen-bond acceptors (Lipinski definition) is 4. The van der Waals surface area contributed by atoms with Crippen LogP contribution in [0, 0.1) is 6.92 Å². The van der Waals surface area contributed by atoms with Crippen LogP contribution in [0.1, 0.15) is 21.7 Å². The Morgan fingerprint density at radius 2 is 1.78 bits per heavy atom. The van der Waals surface area contributed by atoms with Crippen molar-refractivity contribution in [3.8, 4) is 0 Å². The van der Waals surface area contributed by atoms with Gasteiger partial charge in [0.2, 0.25) is 5.91 Å². The van der Waals surface area contributed by atoms with Gasteiger partial charge >= 0.3 is 0 Å². The summed E-state index contributed by atoms with van der Waals surface area (Å²) in [5, 5.41) is 8.66. The highest BCUT2D eigenvalue weighted by Crippen LogP contribution is 2.12. The van der Waals surface area contributed by atoms with E-state index in [9.17, 15) is 9.59 Å². The molecule has 0 unspecified atom stereocenters. The van der Waals surface area contributed by atoms with Crippen molar-refractivity contribution in [3.63, 3.8) is 0 Å². The van der Waals surface area contributed by atoms with Crippen LogP contribution < -0.4 is 16.0 Å². The van der Waals surface area contributed by atoms with Gasteiger partial charge in [-0.1, -0.05) is 18.2 Å². The van der Waals surface area contributed by atoms with Gasteiger partial charge in [0.25, 0.3) is 5.91 Å². The third-order valence-electron chi connectivity index (χ3n) is 3.88. The lowest BCUT2D eigenvalue weighted by Gasteiger charge is -2.10. The molecule has 0 fully saturated rings. The second-order valence-electron chi connectivity index (χ2n) is 6.11. The molecule has 0 aliphatic carbocycles. The molecule has 2 amide bonds. The smallest absolute Gasteiger partial charge is 0.251 e. The normalized spacial score (nSPS) is 10.3. The summed E-state index contributed by atoms with van der Waals surface area (Å²) >= 11 is 0. The highest BCUT2D eigenvalue weighted by atomic mass is 16.3. The largest absolute Gasteiger partial charge is 0.467 e. The first-order chi connectivity index (χ1) is 13.1. The monoisotopic (exact) mass is 363 g/mol. The fourth-order valence-electron chi connectivity index (χ4n) is 2.56. The molecule has 3 N–H and O–H groups in total. The summed E-state index contributed by atoms with van der Waals surface area (Å²) < 4.78 is 5.19. The Labute approximate surface area is 157 Å². The van der Waals surface area contributed by atoms with Crippen LogP contribution in [-0.2, 0) is 11.3 Å². The van der Waals surface area contributed by atoms with Crippen molar-refractivity contribution >= 4 is 23.2 Å². The van der Waals surface area contributed by atoms with Crippen LogP contribution in [0.15, 0.2) is 71.3 Å². The van der Waals surface area contributed by atoms with E-state index in [1.165, 1.54) is 0 Å². The topological polar surface area (TPSA) is 83.4 Å². The maximum atomic E-state index is 12.2. The van der Waals surface area contributed by atoms with Crippen LogP contribution in [0.4, 0.5) is 11.4 Å². The second kappa shape index (κ2) is 8.71. The van der Waals surface area contributed by atoms with Crippen LogP contribution in [0.5, 0.6) is 0 Å². The van der Waals surface area contributed by atoms with Crippen molar-refractivity contribution in [3.05, 3.63) is 83.8 Å². The van der Waals surface area contributed by atoms with E-state index in [2.05, 4.69) is 16.0 Å². The fourth-order valence-corrected chi connectivity index (χ4v) is 2.56. The Kier molecular flexibility index (Phi) is 5.89. The summed E-state index contributed by atoms with van der Waals surface area (Å²) in [6.07, 6.45) is 1.56. The summed E-state index contributed by atoms with van der Waals surface area (Å²) in [6.45, 7) is 2.39. The van der Waals surface area contributed by atoms with Crippen LogP contribution in [0.2, 0.25) is 0 Å². The van der Waals surface area contributed by atoms with E-state index in [4.69, 9.17) is 4.42 Å². The van der Waals surface area contributed by atoms with Crippen molar-refractivity contribution in [1.82, 2.24) is 5.32 Å². The van der Waals surface area contributed by atoms with Crippen LogP contribution in [0.25, 0.3) is 0 Å². The number of rotatable bonds is 7. The Balaban J connectivity index is 1.52. The van der Waals surface area contributed by atoms with Gasteiger partial charge in [0.1, 0.15) is 5.76 Å². The lowest BCUT2D eigenvalue weighted by atomic mass is 10.2. The molecule has 0 radical (unpaired) electrons. The van der Waals surface area contributed by atoms with Crippen molar-refractivity contribution in [2.24, 2.45) is 0 Å². The van der Waals surface area contributed by atoms with Crippen molar-refractivity contribution in [2.45, 2.75) is 13.5 Å². The lowest BCUT2D eigenvalue weighted by Crippen LogP contribution is -2.23. The maximum Gasteiger partial charge on any atom is 0.251 e. The van der Waals surface area contributed by atoms with Crippen LogP contribution >= 0.6 is 0 Å². The molecular weight excluding hydrogens is 342 g/mol. The molecule has 6 nitrogen and oxygen atoms in total. The number of benzene rings is 2. The molecule has 0 atom stereocenters. The van der Waals surface area contributed by atoms with Gasteiger partial charge < -0.3 is 20.4 Å². The average molecular weight is 363 g/mol. The minimum Gasteiger partial charge on any atom is -0.467 e. The Morgan fingerprint density at radius 3 is 2.56 bits per heavy atom. The van der Waals surface area contributed by atoms with E-state index in [1.54, 1.807) is 36.6 Å². The predicted octanol–water partition coefficient (Wildman–Crippen LogP) is 3.57. The van der Waals surface area contributed by atoms with Crippen molar-refractivity contribution < 1.29 is 14.0 Å². The third-order valence-corrected chi connectivity index (χ3v) is 3.88. The first-order valence-corrected chi connectivity index (χ1v) is 8.61. The van der Waals surface area contributed by atoms with Crippen molar-refractivity contribution in [2.75, 3.05) is 17.2 Å². The molecule has 0 bridgehead atoms. The molecule has 138 valence electrons. The molecule has 3 aromatic rings. The molecule has 1 heterocycles. The van der Waals surface area contributed by atoms with Gasteiger partial charge in [0.15, 0.2) is 0 Å². The van der Waals surface area contributed by atoms with E-state index in [1.807, 2.05) is 37.3 Å². The highest BCUT2D eigenvalue weighted by molar-refractivity contribution is 5.96. The SMILES string of the molecule is Cc1cccc(NC(=O)CNc2cccc(C(=O)NCc3ccco3)c2)c1. The number of carbonyl (C=O) groups is 2. The van der Waals surface area contributed by atoms with E-state index in [0.29, 0.717) is 23.6 Å². The zero-order valence-electron chi connectivity index (χ0n) is 15.0. The lowest BCUT2D eigenvalue weighted by molar-refractivity contribution is -0.114. The van der Waals surface area contributed by atoms with Gasteiger partial charge in [-0.2, -0.15) is 0 Å². The summed E-state index contributed by atoms with van der Waals surface area (Å²) in [5.41, 5.74) is 3.03. The molecule has 0 spiro atoms. The Morgan fingerprint density at radius 1 is 0.963 bits per heavy atom. The van der Waals surface area contributed by atoms with E-state index in [-0.39, 0.29) is 18.4 Å². The first-order valence-electron chi connectivity index (χ1n) is 8.61. The predicted molar refractivity (Wildman–Crippen MR) is 105 cm³/mol. The Hall–Kier alpha value is -3.54. The van der Waals surface area contributed by atoms with Gasteiger partial charge in [-0.15, -0.1) is 0 Å². The number of nitrogens with one attached hydrogen (secondary N) is 3. The van der Waals surface area contributed by atoms with Crippen LogP contribution in [-0.4, -0.2) is 18.4 Å². The van der Waals surface area contributed by atoms with Gasteiger partial charge in [-0.3, -0.25) is 9.59 Å². The molecule has 0 saturated heterocycles. The average Bonchev–Trinajstić information content (AvgIpc) is 3.18. The second-order valence-corrected chi connectivity index (χ2v) is 6.11. The molecule has 1 aromatic heterocycles. The minimum atomic E-state index is -0.209. The summed E-state index contributed by atoms with van der Waals surface area (Å²) in [5.74, 6) is 0.318. The zero-order chi connectivity index (χ0) is 19.1. The number of aryl methyl sites for hydroxylation is 1. The van der Waals surface area contributed by atoms with E-state index >= 15 is 0 Å². The number of carbonyl (C=O) groups excluding carboxylic acids is 2. The quantitative estimate of drug-likeness (QED) is 0.599.